The van der Waals surface area contributed by atoms with Gasteiger partial charge in [-0.25, -0.2) is 9.59 Å². The third-order valence-electron chi connectivity index (χ3n) is 10.4. The van der Waals surface area contributed by atoms with Crippen LogP contribution in [0.1, 0.15) is 71.2 Å². The Bertz CT molecular complexity index is 1250. The minimum Gasteiger partial charge on any atom is -0.461 e. The van der Waals surface area contributed by atoms with Gasteiger partial charge in [-0.15, -0.1) is 22.7 Å². The Kier molecular flexibility index (Phi) is 6.43. The highest BCUT2D eigenvalue weighted by molar-refractivity contribution is 7.12. The lowest BCUT2D eigenvalue weighted by Gasteiger charge is -2.68. The Balaban J connectivity index is 1.36. The molecule has 202 valence electrons. The van der Waals surface area contributed by atoms with Crippen LogP contribution in [0.3, 0.4) is 0 Å². The maximum atomic E-state index is 13.8. The van der Waals surface area contributed by atoms with Crippen molar-refractivity contribution >= 4 is 40.4 Å². The zero-order valence-corrected chi connectivity index (χ0v) is 23.3. The van der Waals surface area contributed by atoms with Crippen LogP contribution >= 0.6 is 22.7 Å². The predicted molar refractivity (Wildman–Crippen MR) is 145 cm³/mol. The van der Waals surface area contributed by atoms with Gasteiger partial charge in [-0.05, 0) is 84.7 Å². The van der Waals surface area contributed by atoms with Crippen molar-refractivity contribution in [3.05, 3.63) is 56.9 Å². The summed E-state index contributed by atoms with van der Waals surface area (Å²) < 4.78 is 11.9. The highest BCUT2D eigenvalue weighted by atomic mass is 32.1. The van der Waals surface area contributed by atoms with Crippen LogP contribution in [0, 0.1) is 34.0 Å². The van der Waals surface area contributed by atoms with E-state index in [1.54, 1.807) is 12.1 Å². The summed E-state index contributed by atoms with van der Waals surface area (Å²) in [4.78, 5) is 40.7. The topological polar surface area (TPSA) is 89.9 Å². The zero-order chi connectivity index (χ0) is 26.7. The fourth-order valence-electron chi connectivity index (χ4n) is 8.61. The van der Waals surface area contributed by atoms with Gasteiger partial charge in [-0.2, -0.15) is 0 Å². The zero-order valence-electron chi connectivity index (χ0n) is 21.6. The van der Waals surface area contributed by atoms with Crippen LogP contribution in [0.4, 0.5) is 0 Å². The molecule has 7 atom stereocenters. The third kappa shape index (κ3) is 3.78. The molecule has 6 nitrogen and oxygen atoms in total. The van der Waals surface area contributed by atoms with Gasteiger partial charge < -0.3 is 14.6 Å². The van der Waals surface area contributed by atoms with Crippen LogP contribution in [0.2, 0.25) is 0 Å². The quantitative estimate of drug-likeness (QED) is 0.352. The molecule has 7 rings (SSSR count). The molecule has 38 heavy (non-hydrogen) atoms. The summed E-state index contributed by atoms with van der Waals surface area (Å²) in [6, 6.07) is 7.18. The number of fused-ring (bicyclic) bond motifs is 3. The molecule has 8 heteroatoms. The van der Waals surface area contributed by atoms with Gasteiger partial charge in [0, 0.05) is 10.8 Å². The Hall–Kier alpha value is -2.29. The number of thiophene rings is 2. The summed E-state index contributed by atoms with van der Waals surface area (Å²) in [7, 11) is 0. The minimum atomic E-state index is -0.871. The van der Waals surface area contributed by atoms with Crippen LogP contribution in [0.5, 0.6) is 0 Å². The number of ether oxygens (including phenoxy) is 2. The average molecular weight is 555 g/mol. The van der Waals surface area contributed by atoms with Crippen LogP contribution < -0.4 is 0 Å². The number of rotatable bonds is 6. The molecule has 0 saturated heterocycles. The number of ketones is 1. The summed E-state index contributed by atoms with van der Waals surface area (Å²) in [6.45, 7) is 6.70. The second kappa shape index (κ2) is 9.42. The van der Waals surface area contributed by atoms with Crippen molar-refractivity contribution in [1.29, 1.82) is 0 Å². The summed E-state index contributed by atoms with van der Waals surface area (Å²) >= 11 is 2.71. The Morgan fingerprint density at radius 2 is 1.66 bits per heavy atom. The monoisotopic (exact) mass is 554 g/mol. The van der Waals surface area contributed by atoms with Gasteiger partial charge >= 0.3 is 11.9 Å². The molecule has 5 aliphatic carbocycles. The van der Waals surface area contributed by atoms with E-state index < -0.39 is 22.3 Å². The van der Waals surface area contributed by atoms with Gasteiger partial charge in [-0.1, -0.05) is 32.1 Å². The first-order valence-electron chi connectivity index (χ1n) is 13.5. The molecule has 0 aliphatic heterocycles. The van der Waals surface area contributed by atoms with Crippen LogP contribution in [-0.4, -0.2) is 42.1 Å². The van der Waals surface area contributed by atoms with E-state index in [-0.39, 0.29) is 48.7 Å². The molecule has 5 saturated carbocycles. The van der Waals surface area contributed by atoms with Crippen LogP contribution in [-0.2, 0) is 14.3 Å². The van der Waals surface area contributed by atoms with E-state index in [0.29, 0.717) is 28.2 Å². The highest BCUT2D eigenvalue weighted by Crippen LogP contribution is 2.71. The summed E-state index contributed by atoms with van der Waals surface area (Å²) in [5.41, 5.74) is -1.12. The van der Waals surface area contributed by atoms with Gasteiger partial charge in [0.05, 0.1) is 24.7 Å². The number of esters is 2. The first kappa shape index (κ1) is 26.0. The lowest BCUT2D eigenvalue weighted by molar-refractivity contribution is -0.233. The summed E-state index contributed by atoms with van der Waals surface area (Å²) in [5, 5.41) is 15.4. The maximum absolute atomic E-state index is 13.8. The van der Waals surface area contributed by atoms with Crippen molar-refractivity contribution in [2.75, 3.05) is 13.2 Å². The van der Waals surface area contributed by atoms with Crippen LogP contribution in [0.25, 0.3) is 0 Å². The Morgan fingerprint density at radius 3 is 2.29 bits per heavy atom. The summed E-state index contributed by atoms with van der Waals surface area (Å²) in [5.74, 6) is -0.739. The van der Waals surface area contributed by atoms with E-state index in [9.17, 15) is 19.5 Å². The molecule has 1 N–H and O–H groups in total. The fraction of sp³-hybridized carbons (Fsp3) is 0.567. The van der Waals surface area contributed by atoms with Gasteiger partial charge in [-0.3, -0.25) is 4.79 Å². The van der Waals surface area contributed by atoms with Crippen molar-refractivity contribution in [3.63, 3.8) is 0 Å². The number of allylic oxidation sites excluding steroid dienone is 1. The van der Waals surface area contributed by atoms with E-state index in [2.05, 4.69) is 13.5 Å². The van der Waals surface area contributed by atoms with Gasteiger partial charge in [0.25, 0.3) is 0 Å². The molecule has 1 spiro atoms. The second-order valence-corrected chi connectivity index (χ2v) is 14.0. The normalized spacial score (nSPS) is 37.8. The van der Waals surface area contributed by atoms with Gasteiger partial charge in [0.2, 0.25) is 0 Å². The molecule has 0 aromatic carbocycles. The van der Waals surface area contributed by atoms with Crippen molar-refractivity contribution in [3.8, 4) is 0 Å². The highest BCUT2D eigenvalue weighted by Gasteiger charge is 2.71. The Morgan fingerprint density at radius 1 is 1.00 bits per heavy atom. The molecule has 0 radical (unpaired) electrons. The second-order valence-electron chi connectivity index (χ2n) is 12.1. The predicted octanol–water partition coefficient (Wildman–Crippen LogP) is 5.92. The molecule has 5 aliphatic rings. The van der Waals surface area contributed by atoms with E-state index in [0.717, 1.165) is 32.1 Å². The van der Waals surface area contributed by atoms with E-state index in [1.807, 2.05) is 22.9 Å². The number of hydrogen-bond acceptors (Lipinski definition) is 8. The van der Waals surface area contributed by atoms with Crippen LogP contribution in [0.15, 0.2) is 47.2 Å². The number of Topliss-reactive ketones (excluding diaryl/α,β-unsaturated/α-hetero) is 1. The number of hydrogen-bond donors (Lipinski definition) is 1. The minimum absolute atomic E-state index is 0.0105. The molecular weight excluding hydrogens is 520 g/mol. The van der Waals surface area contributed by atoms with Crippen molar-refractivity contribution in [2.24, 2.45) is 34.0 Å². The lowest BCUT2D eigenvalue weighted by Crippen LogP contribution is -2.70. The fourth-order valence-corrected chi connectivity index (χ4v) is 9.84. The van der Waals surface area contributed by atoms with Crippen molar-refractivity contribution in [2.45, 2.75) is 58.0 Å². The lowest BCUT2D eigenvalue weighted by atomic mass is 9.35. The molecule has 0 amide bonds. The van der Waals surface area contributed by atoms with Gasteiger partial charge in [0.1, 0.15) is 9.75 Å². The van der Waals surface area contributed by atoms with E-state index in [4.69, 9.17) is 9.47 Å². The average Bonchev–Trinajstić information content (AvgIpc) is 3.65. The molecule has 2 aromatic rings. The molecule has 3 unspecified atom stereocenters. The molecule has 2 bridgehead atoms. The number of aliphatic hydroxyl groups excluding tert-OH is 1. The van der Waals surface area contributed by atoms with E-state index >= 15 is 0 Å². The third-order valence-corrected chi connectivity index (χ3v) is 12.1. The summed E-state index contributed by atoms with van der Waals surface area (Å²) in [6.07, 6.45) is 4.45. The first-order valence-corrected chi connectivity index (χ1v) is 15.3. The smallest absolute Gasteiger partial charge is 0.348 e. The maximum Gasteiger partial charge on any atom is 0.348 e. The largest absolute Gasteiger partial charge is 0.461 e. The molecule has 2 aromatic heterocycles. The number of aliphatic hydroxyl groups is 1. The Labute approximate surface area is 231 Å². The SMILES string of the molecule is C=C1C(=O)C23CC[C@H]1CC2[C@]1(COC(=O)c2cccs2)CCC[C@@](C)(COC(=O)c2cccs2)C1C[C@H]3O. The molecule has 2 heterocycles. The van der Waals surface area contributed by atoms with E-state index in [1.165, 1.54) is 22.7 Å². The molecular formula is C30H34O6S2. The standard InChI is InChI=1S/C30H34O6S2/c1-18-19-8-11-30(25(18)32)23(14-19)29(17-36-27(34)21-7-4-13-38-21)10-5-9-28(2,22(29)15-24(30)31)16-35-26(33)20-6-3-12-37-20/h3-4,6-7,12-13,19,22-24,31H,1,5,8-11,14-17H2,2H3/t19-,22?,23?,24+,28-,29-,30?/m0/s1. The first-order chi connectivity index (χ1) is 18.2. The number of carbonyl (C=O) groups excluding carboxylic acids is 3. The van der Waals surface area contributed by atoms with Gasteiger partial charge in [0.15, 0.2) is 5.78 Å². The molecule has 5 fully saturated rings. The van der Waals surface area contributed by atoms with Crippen molar-refractivity contribution in [1.82, 2.24) is 0 Å². The number of carbonyl (C=O) groups is 3. The van der Waals surface area contributed by atoms with Crippen molar-refractivity contribution < 1.29 is 29.0 Å².